The zero-order chi connectivity index (χ0) is 14.5. The Hall–Kier alpha value is -2.49. The Balaban J connectivity index is 2.36. The number of methoxy groups -OCH3 is 2. The van der Waals surface area contributed by atoms with E-state index in [1.165, 1.54) is 6.92 Å². The van der Waals surface area contributed by atoms with Crippen LogP contribution < -0.4 is 14.4 Å². The second kappa shape index (κ2) is 6.10. The molecule has 0 fully saturated rings. The second-order valence-electron chi connectivity index (χ2n) is 4.25. The van der Waals surface area contributed by atoms with Crippen molar-refractivity contribution >= 4 is 17.3 Å². The third-order valence-corrected chi connectivity index (χ3v) is 2.98. The molecule has 0 heterocycles. The molecule has 2 aromatic rings. The summed E-state index contributed by atoms with van der Waals surface area (Å²) in [5, 5.41) is 0. The van der Waals surface area contributed by atoms with Crippen molar-refractivity contribution in [2.75, 3.05) is 19.1 Å². The third kappa shape index (κ3) is 2.91. The average Bonchev–Trinajstić information content (AvgIpc) is 2.48. The number of hydrogen-bond donors (Lipinski definition) is 0. The molecule has 4 heteroatoms. The zero-order valence-corrected chi connectivity index (χ0v) is 11.8. The predicted octanol–water partition coefficient (Wildman–Crippen LogP) is 3.39. The molecule has 0 aliphatic rings. The Labute approximate surface area is 118 Å². The lowest BCUT2D eigenvalue weighted by Gasteiger charge is -2.21. The van der Waals surface area contributed by atoms with Crippen LogP contribution in [0.25, 0.3) is 0 Å². The molecule has 0 spiro atoms. The largest absolute Gasteiger partial charge is 0.497 e. The van der Waals surface area contributed by atoms with Crippen LogP contribution in [0, 0.1) is 0 Å². The van der Waals surface area contributed by atoms with E-state index in [2.05, 4.69) is 0 Å². The van der Waals surface area contributed by atoms with Gasteiger partial charge in [0, 0.05) is 18.3 Å². The van der Waals surface area contributed by atoms with Gasteiger partial charge in [-0.25, -0.2) is 0 Å². The molecule has 0 N–H and O–H groups in total. The monoisotopic (exact) mass is 271 g/mol. The maximum atomic E-state index is 11.9. The molecule has 0 radical (unpaired) electrons. The van der Waals surface area contributed by atoms with E-state index in [0.29, 0.717) is 0 Å². The summed E-state index contributed by atoms with van der Waals surface area (Å²) in [6, 6.07) is 14.7. The number of carbonyl (C=O) groups excluding carboxylic acids is 1. The third-order valence-electron chi connectivity index (χ3n) is 2.98. The van der Waals surface area contributed by atoms with Crippen LogP contribution in [0.1, 0.15) is 6.92 Å². The number of anilines is 2. The number of hydrogen-bond acceptors (Lipinski definition) is 3. The molecular formula is C16H17NO3. The van der Waals surface area contributed by atoms with Crippen molar-refractivity contribution in [2.24, 2.45) is 0 Å². The number of amides is 1. The molecule has 0 unspecified atom stereocenters. The first-order valence-corrected chi connectivity index (χ1v) is 6.24. The molecule has 0 aliphatic carbocycles. The summed E-state index contributed by atoms with van der Waals surface area (Å²) in [6.45, 7) is 1.54. The number of nitrogens with zero attached hydrogens (tertiary/aromatic N) is 1. The first-order chi connectivity index (χ1) is 9.65. The molecule has 1 amide bonds. The van der Waals surface area contributed by atoms with Gasteiger partial charge < -0.3 is 9.47 Å². The van der Waals surface area contributed by atoms with Crippen LogP contribution in [0.15, 0.2) is 48.5 Å². The van der Waals surface area contributed by atoms with Crippen LogP contribution in [0.4, 0.5) is 11.4 Å². The summed E-state index contributed by atoms with van der Waals surface area (Å²) >= 11 is 0. The van der Waals surface area contributed by atoms with E-state index in [4.69, 9.17) is 9.47 Å². The highest BCUT2D eigenvalue weighted by Gasteiger charge is 2.14. The number of rotatable bonds is 4. The van der Waals surface area contributed by atoms with Crippen LogP contribution in [-0.4, -0.2) is 20.1 Å². The van der Waals surface area contributed by atoms with Crippen LogP contribution >= 0.6 is 0 Å². The topological polar surface area (TPSA) is 38.8 Å². The van der Waals surface area contributed by atoms with Crippen molar-refractivity contribution in [3.05, 3.63) is 48.5 Å². The Morgan fingerprint density at radius 3 is 1.40 bits per heavy atom. The molecule has 0 saturated carbocycles. The molecule has 2 rings (SSSR count). The minimum atomic E-state index is -0.0552. The van der Waals surface area contributed by atoms with Gasteiger partial charge in [-0.05, 0) is 48.5 Å². The summed E-state index contributed by atoms with van der Waals surface area (Å²) in [6.07, 6.45) is 0. The number of ether oxygens (including phenoxy) is 2. The van der Waals surface area contributed by atoms with Gasteiger partial charge in [0.15, 0.2) is 0 Å². The summed E-state index contributed by atoms with van der Waals surface area (Å²) in [5.74, 6) is 1.46. The van der Waals surface area contributed by atoms with Crippen molar-refractivity contribution in [1.82, 2.24) is 0 Å². The molecule has 2 aromatic carbocycles. The number of carbonyl (C=O) groups is 1. The van der Waals surface area contributed by atoms with E-state index in [9.17, 15) is 4.79 Å². The van der Waals surface area contributed by atoms with Crippen LogP contribution in [0.5, 0.6) is 11.5 Å². The van der Waals surface area contributed by atoms with E-state index < -0.39 is 0 Å². The first-order valence-electron chi connectivity index (χ1n) is 6.24. The highest BCUT2D eigenvalue weighted by Crippen LogP contribution is 2.28. The van der Waals surface area contributed by atoms with Crippen molar-refractivity contribution in [1.29, 1.82) is 0 Å². The van der Waals surface area contributed by atoms with Gasteiger partial charge in [0.05, 0.1) is 14.2 Å². The maximum absolute atomic E-state index is 11.9. The summed E-state index contributed by atoms with van der Waals surface area (Å²) in [4.78, 5) is 13.6. The lowest BCUT2D eigenvalue weighted by molar-refractivity contribution is -0.115. The fourth-order valence-electron chi connectivity index (χ4n) is 1.98. The fraction of sp³-hybridized carbons (Fsp3) is 0.188. The van der Waals surface area contributed by atoms with Crippen LogP contribution in [0.2, 0.25) is 0 Å². The smallest absolute Gasteiger partial charge is 0.228 e. The normalized spacial score (nSPS) is 9.95. The lowest BCUT2D eigenvalue weighted by atomic mass is 10.2. The molecule has 0 atom stereocenters. The van der Waals surface area contributed by atoms with Crippen molar-refractivity contribution in [2.45, 2.75) is 6.92 Å². The summed E-state index contributed by atoms with van der Waals surface area (Å²) in [7, 11) is 3.22. The van der Waals surface area contributed by atoms with E-state index >= 15 is 0 Å². The van der Waals surface area contributed by atoms with E-state index in [0.717, 1.165) is 22.9 Å². The highest BCUT2D eigenvalue weighted by atomic mass is 16.5. The molecule has 104 valence electrons. The molecular weight excluding hydrogens is 254 g/mol. The fourth-order valence-corrected chi connectivity index (χ4v) is 1.98. The Kier molecular flexibility index (Phi) is 4.25. The van der Waals surface area contributed by atoms with Gasteiger partial charge in [0.1, 0.15) is 11.5 Å². The average molecular weight is 271 g/mol. The molecule has 0 aliphatic heterocycles. The van der Waals surface area contributed by atoms with Crippen molar-refractivity contribution in [3.63, 3.8) is 0 Å². The van der Waals surface area contributed by atoms with Crippen LogP contribution in [-0.2, 0) is 4.79 Å². The first kappa shape index (κ1) is 13.9. The van der Waals surface area contributed by atoms with Gasteiger partial charge in [-0.15, -0.1) is 0 Å². The van der Waals surface area contributed by atoms with Gasteiger partial charge in [-0.2, -0.15) is 0 Å². The lowest BCUT2D eigenvalue weighted by Crippen LogP contribution is -2.22. The number of benzene rings is 2. The zero-order valence-electron chi connectivity index (χ0n) is 11.8. The van der Waals surface area contributed by atoms with Gasteiger partial charge >= 0.3 is 0 Å². The maximum Gasteiger partial charge on any atom is 0.228 e. The summed E-state index contributed by atoms with van der Waals surface area (Å²) in [5.41, 5.74) is 1.59. The molecule has 0 saturated heterocycles. The Bertz CT molecular complexity index is 528. The van der Waals surface area contributed by atoms with E-state index in [-0.39, 0.29) is 5.91 Å². The van der Waals surface area contributed by atoms with Gasteiger partial charge in [0.25, 0.3) is 0 Å². The molecule has 20 heavy (non-hydrogen) atoms. The van der Waals surface area contributed by atoms with E-state index in [1.54, 1.807) is 19.1 Å². The summed E-state index contributed by atoms with van der Waals surface area (Å²) < 4.78 is 10.3. The van der Waals surface area contributed by atoms with Crippen molar-refractivity contribution < 1.29 is 14.3 Å². The Morgan fingerprint density at radius 1 is 0.800 bits per heavy atom. The predicted molar refractivity (Wildman–Crippen MR) is 78.8 cm³/mol. The Morgan fingerprint density at radius 2 is 1.15 bits per heavy atom. The SMILES string of the molecule is COc1ccc(N(C(C)=O)c2ccc(OC)cc2)cc1. The van der Waals surface area contributed by atoms with Gasteiger partial charge in [-0.3, -0.25) is 9.69 Å². The van der Waals surface area contributed by atoms with Gasteiger partial charge in [0.2, 0.25) is 5.91 Å². The quantitative estimate of drug-likeness (QED) is 0.855. The second-order valence-corrected chi connectivity index (χ2v) is 4.25. The highest BCUT2D eigenvalue weighted by molar-refractivity contribution is 5.99. The van der Waals surface area contributed by atoms with Gasteiger partial charge in [-0.1, -0.05) is 0 Å². The molecule has 4 nitrogen and oxygen atoms in total. The van der Waals surface area contributed by atoms with E-state index in [1.807, 2.05) is 48.5 Å². The molecule has 0 aromatic heterocycles. The standard InChI is InChI=1S/C16H17NO3/c1-12(18)17(13-4-8-15(19-2)9-5-13)14-6-10-16(20-3)11-7-14/h4-11H,1-3H3. The minimum Gasteiger partial charge on any atom is -0.497 e. The molecule has 0 bridgehead atoms. The minimum absolute atomic E-state index is 0.0552. The van der Waals surface area contributed by atoms with Crippen molar-refractivity contribution in [3.8, 4) is 11.5 Å². The van der Waals surface area contributed by atoms with Crippen LogP contribution in [0.3, 0.4) is 0 Å².